The quantitative estimate of drug-likeness (QED) is 0.911. The van der Waals surface area contributed by atoms with Gasteiger partial charge in [0.05, 0.1) is 5.92 Å². The zero-order valence-corrected chi connectivity index (χ0v) is 11.3. The van der Waals surface area contributed by atoms with Crippen LogP contribution in [0.4, 0.5) is 5.82 Å². The van der Waals surface area contributed by atoms with Crippen molar-refractivity contribution < 1.29 is 9.90 Å². The van der Waals surface area contributed by atoms with Crippen LogP contribution < -0.4 is 4.90 Å². The van der Waals surface area contributed by atoms with E-state index in [4.69, 9.17) is 5.11 Å². The molecule has 0 amide bonds. The van der Waals surface area contributed by atoms with Crippen LogP contribution in [0.15, 0.2) is 16.7 Å². The molecule has 0 unspecified atom stereocenters. The van der Waals surface area contributed by atoms with Crippen LogP contribution in [0, 0.1) is 12.8 Å². The van der Waals surface area contributed by atoms with E-state index < -0.39 is 5.97 Å². The molecule has 0 saturated carbocycles. The van der Waals surface area contributed by atoms with Crippen LogP contribution in [0.25, 0.3) is 0 Å². The molecule has 0 aliphatic carbocycles. The summed E-state index contributed by atoms with van der Waals surface area (Å²) in [7, 11) is 0. The third-order valence-corrected chi connectivity index (χ3v) is 3.59. The van der Waals surface area contributed by atoms with Crippen molar-refractivity contribution in [1.82, 2.24) is 4.98 Å². The highest BCUT2D eigenvalue weighted by Crippen LogP contribution is 2.25. The maximum absolute atomic E-state index is 10.9. The smallest absolute Gasteiger partial charge is 0.306 e. The van der Waals surface area contributed by atoms with Gasteiger partial charge < -0.3 is 10.0 Å². The first kappa shape index (κ1) is 12.4. The van der Waals surface area contributed by atoms with Crippen molar-refractivity contribution in [3.8, 4) is 0 Å². The van der Waals surface area contributed by atoms with Crippen molar-refractivity contribution in [1.29, 1.82) is 0 Å². The predicted molar refractivity (Wildman–Crippen MR) is 69.2 cm³/mol. The Bertz CT molecular complexity index is 429. The standard InChI is InChI=1S/C12H15BrN2O2/c1-8-6-10(13)7-14-11(8)15-4-2-9(3-5-15)12(16)17/h6-7,9H,2-5H2,1H3,(H,16,17). The molecule has 1 aliphatic heterocycles. The summed E-state index contributed by atoms with van der Waals surface area (Å²) in [6.07, 6.45) is 3.19. The first-order valence-corrected chi connectivity index (χ1v) is 6.47. The predicted octanol–water partition coefficient (Wildman–Crippen LogP) is 2.45. The van der Waals surface area contributed by atoms with E-state index in [0.717, 1.165) is 28.9 Å². The Balaban J connectivity index is 2.08. The number of carboxylic acids is 1. The molecule has 1 aromatic heterocycles. The van der Waals surface area contributed by atoms with Crippen LogP contribution in [-0.2, 0) is 4.79 Å². The number of anilines is 1. The largest absolute Gasteiger partial charge is 0.481 e. The number of hydrogen-bond donors (Lipinski definition) is 1. The van der Waals surface area contributed by atoms with E-state index in [2.05, 4.69) is 25.8 Å². The summed E-state index contributed by atoms with van der Waals surface area (Å²) in [6, 6.07) is 2.03. The van der Waals surface area contributed by atoms with Crippen LogP contribution in [0.2, 0.25) is 0 Å². The second-order valence-electron chi connectivity index (χ2n) is 4.39. The van der Waals surface area contributed by atoms with E-state index >= 15 is 0 Å². The number of aromatic nitrogens is 1. The maximum atomic E-state index is 10.9. The van der Waals surface area contributed by atoms with Gasteiger partial charge >= 0.3 is 5.97 Å². The molecule has 92 valence electrons. The number of hydrogen-bond acceptors (Lipinski definition) is 3. The second kappa shape index (κ2) is 5.04. The van der Waals surface area contributed by atoms with Crippen molar-refractivity contribution in [2.24, 2.45) is 5.92 Å². The summed E-state index contributed by atoms with van der Waals surface area (Å²) < 4.78 is 0.971. The van der Waals surface area contributed by atoms with E-state index in [1.807, 2.05) is 13.0 Å². The molecule has 2 heterocycles. The van der Waals surface area contributed by atoms with Gasteiger partial charge in [-0.05, 0) is 47.3 Å². The maximum Gasteiger partial charge on any atom is 0.306 e. The van der Waals surface area contributed by atoms with E-state index in [1.165, 1.54) is 0 Å². The Morgan fingerprint density at radius 2 is 2.18 bits per heavy atom. The lowest BCUT2D eigenvalue weighted by Gasteiger charge is -2.31. The van der Waals surface area contributed by atoms with Crippen molar-refractivity contribution in [3.05, 3.63) is 22.3 Å². The molecule has 1 saturated heterocycles. The summed E-state index contributed by atoms with van der Waals surface area (Å²) in [6.45, 7) is 3.56. The van der Waals surface area contributed by atoms with Crippen molar-refractivity contribution in [2.75, 3.05) is 18.0 Å². The number of rotatable bonds is 2. The number of carboxylic acid groups (broad SMARTS) is 1. The van der Waals surface area contributed by atoms with Gasteiger partial charge in [-0.25, -0.2) is 4.98 Å². The fraction of sp³-hybridized carbons (Fsp3) is 0.500. The summed E-state index contributed by atoms with van der Waals surface area (Å²) >= 11 is 3.39. The van der Waals surface area contributed by atoms with Crippen molar-refractivity contribution >= 4 is 27.7 Å². The Morgan fingerprint density at radius 1 is 1.53 bits per heavy atom. The van der Waals surface area contributed by atoms with Gasteiger partial charge in [0.25, 0.3) is 0 Å². The SMILES string of the molecule is Cc1cc(Br)cnc1N1CCC(C(=O)O)CC1. The number of carbonyl (C=O) groups is 1. The highest BCUT2D eigenvalue weighted by molar-refractivity contribution is 9.10. The van der Waals surface area contributed by atoms with Crippen LogP contribution in [0.3, 0.4) is 0 Å². The lowest BCUT2D eigenvalue weighted by molar-refractivity contribution is -0.142. The number of piperidine rings is 1. The summed E-state index contributed by atoms with van der Waals surface area (Å²) in [5.74, 6) is 0.101. The molecular formula is C12H15BrN2O2. The topological polar surface area (TPSA) is 53.4 Å². The van der Waals surface area contributed by atoms with E-state index in [1.54, 1.807) is 6.20 Å². The molecule has 2 rings (SSSR count). The van der Waals surface area contributed by atoms with Crippen LogP contribution in [0.1, 0.15) is 18.4 Å². The third-order valence-electron chi connectivity index (χ3n) is 3.16. The fourth-order valence-electron chi connectivity index (χ4n) is 2.20. The zero-order chi connectivity index (χ0) is 12.4. The van der Waals surface area contributed by atoms with E-state index in [9.17, 15) is 4.79 Å². The molecule has 0 spiro atoms. The molecule has 0 radical (unpaired) electrons. The Labute approximate surface area is 109 Å². The minimum absolute atomic E-state index is 0.193. The number of pyridine rings is 1. The summed E-state index contributed by atoms with van der Waals surface area (Å²) in [5, 5.41) is 8.95. The fourth-order valence-corrected chi connectivity index (χ4v) is 2.65. The van der Waals surface area contributed by atoms with E-state index in [-0.39, 0.29) is 5.92 Å². The Kier molecular flexibility index (Phi) is 3.66. The molecule has 0 aromatic carbocycles. The molecule has 1 aromatic rings. The molecule has 4 nitrogen and oxygen atoms in total. The van der Waals surface area contributed by atoms with Gasteiger partial charge in [0.1, 0.15) is 5.82 Å². The summed E-state index contributed by atoms with van der Waals surface area (Å²) in [4.78, 5) is 17.4. The van der Waals surface area contributed by atoms with Gasteiger partial charge in [-0.1, -0.05) is 0 Å². The van der Waals surface area contributed by atoms with Gasteiger partial charge in [-0.15, -0.1) is 0 Å². The first-order chi connectivity index (χ1) is 8.08. The van der Waals surface area contributed by atoms with Gasteiger partial charge in [0, 0.05) is 23.8 Å². The van der Waals surface area contributed by atoms with E-state index in [0.29, 0.717) is 12.8 Å². The molecule has 5 heteroatoms. The average Bonchev–Trinajstić information content (AvgIpc) is 2.29. The highest BCUT2D eigenvalue weighted by atomic mass is 79.9. The zero-order valence-electron chi connectivity index (χ0n) is 9.69. The number of aryl methyl sites for hydroxylation is 1. The third kappa shape index (κ3) is 2.77. The lowest BCUT2D eigenvalue weighted by Crippen LogP contribution is -2.37. The molecular weight excluding hydrogens is 284 g/mol. The van der Waals surface area contributed by atoms with Gasteiger partial charge in [0.2, 0.25) is 0 Å². The number of nitrogens with zero attached hydrogens (tertiary/aromatic N) is 2. The molecule has 1 N–H and O–H groups in total. The van der Waals surface area contributed by atoms with Crippen LogP contribution >= 0.6 is 15.9 Å². The lowest BCUT2D eigenvalue weighted by atomic mass is 9.97. The molecule has 0 atom stereocenters. The van der Waals surface area contributed by atoms with Crippen molar-refractivity contribution in [2.45, 2.75) is 19.8 Å². The van der Waals surface area contributed by atoms with Crippen molar-refractivity contribution in [3.63, 3.8) is 0 Å². The molecule has 0 bridgehead atoms. The first-order valence-electron chi connectivity index (χ1n) is 5.68. The van der Waals surface area contributed by atoms with Gasteiger partial charge in [0.15, 0.2) is 0 Å². The molecule has 1 aliphatic rings. The van der Waals surface area contributed by atoms with Crippen LogP contribution in [0.5, 0.6) is 0 Å². The normalized spacial score (nSPS) is 17.2. The second-order valence-corrected chi connectivity index (χ2v) is 5.31. The number of aliphatic carboxylic acids is 1. The molecule has 17 heavy (non-hydrogen) atoms. The summed E-state index contributed by atoms with van der Waals surface area (Å²) in [5.41, 5.74) is 1.12. The average molecular weight is 299 g/mol. The van der Waals surface area contributed by atoms with Crippen LogP contribution in [-0.4, -0.2) is 29.1 Å². The van der Waals surface area contributed by atoms with Gasteiger partial charge in [-0.3, -0.25) is 4.79 Å². The minimum Gasteiger partial charge on any atom is -0.481 e. The number of halogens is 1. The Hall–Kier alpha value is -1.10. The highest BCUT2D eigenvalue weighted by Gasteiger charge is 2.25. The van der Waals surface area contributed by atoms with Gasteiger partial charge in [-0.2, -0.15) is 0 Å². The molecule has 1 fully saturated rings. The minimum atomic E-state index is -0.676. The Morgan fingerprint density at radius 3 is 2.71 bits per heavy atom. The monoisotopic (exact) mass is 298 g/mol.